The van der Waals surface area contributed by atoms with Crippen LogP contribution in [0.25, 0.3) is 10.9 Å². The predicted octanol–water partition coefficient (Wildman–Crippen LogP) is 5.55. The summed E-state index contributed by atoms with van der Waals surface area (Å²) >= 11 is 5.92. The van der Waals surface area contributed by atoms with Crippen LogP contribution >= 0.6 is 11.6 Å². The molecule has 2 aromatic carbocycles. The van der Waals surface area contributed by atoms with Gasteiger partial charge in [-0.15, -0.1) is 0 Å². The second-order valence-corrected chi connectivity index (χ2v) is 9.38. The maximum absolute atomic E-state index is 14.5. The highest BCUT2D eigenvalue weighted by atomic mass is 35.5. The molecule has 0 radical (unpaired) electrons. The van der Waals surface area contributed by atoms with Crippen LogP contribution in [0.5, 0.6) is 0 Å². The molecule has 7 heteroatoms. The number of carbonyl (C=O) groups excluding carboxylic acids is 1. The third-order valence-corrected chi connectivity index (χ3v) is 6.34. The van der Waals surface area contributed by atoms with Crippen molar-refractivity contribution in [2.75, 3.05) is 25.5 Å². The maximum Gasteiger partial charge on any atom is 0.165 e. The number of carbonyl (C=O) groups is 1. The Kier molecular flexibility index (Phi) is 6.97. The molecule has 1 saturated heterocycles. The molecule has 0 unspecified atom stereocenters. The number of nitrogens with one attached hydrogen (secondary N) is 1. The van der Waals surface area contributed by atoms with Gasteiger partial charge in [0.05, 0.1) is 16.2 Å². The Hall–Kier alpha value is -3.27. The van der Waals surface area contributed by atoms with Crippen LogP contribution in [-0.2, 0) is 11.2 Å². The van der Waals surface area contributed by atoms with Crippen molar-refractivity contribution in [2.45, 2.75) is 26.2 Å². The molecule has 0 aliphatic carbocycles. The Morgan fingerprint density at radius 3 is 2.97 bits per heavy atom. The molecule has 1 aliphatic heterocycles. The molecule has 4 rings (SSSR count). The lowest BCUT2D eigenvalue weighted by atomic mass is 9.82. The Bertz CT molecular complexity index is 1330. The SMILES string of the molecule is C=CC(=O)Cc1cc2c(Nc3cccc(Cl)c3F)ncnc2cc1C#C[C@]1(C)CCCN(C)C1. The molecular weight excluding hydrogens is 451 g/mol. The van der Waals surface area contributed by atoms with Gasteiger partial charge in [-0.05, 0) is 69.3 Å². The summed E-state index contributed by atoms with van der Waals surface area (Å²) in [5.74, 6) is 6.53. The normalized spacial score (nSPS) is 18.2. The van der Waals surface area contributed by atoms with E-state index in [1.165, 1.54) is 18.5 Å². The van der Waals surface area contributed by atoms with Crippen LogP contribution < -0.4 is 5.32 Å². The molecule has 0 saturated carbocycles. The van der Waals surface area contributed by atoms with Crippen molar-refractivity contribution in [3.8, 4) is 11.8 Å². The number of piperidine rings is 1. The van der Waals surface area contributed by atoms with Gasteiger partial charge in [-0.1, -0.05) is 36.1 Å². The summed E-state index contributed by atoms with van der Waals surface area (Å²) in [5.41, 5.74) is 2.22. The number of aromatic nitrogens is 2. The smallest absolute Gasteiger partial charge is 0.165 e. The minimum atomic E-state index is -0.564. The molecule has 1 atom stereocenters. The summed E-state index contributed by atoms with van der Waals surface area (Å²) in [6, 6.07) is 8.43. The lowest BCUT2D eigenvalue weighted by molar-refractivity contribution is -0.114. The number of benzene rings is 2. The zero-order valence-electron chi connectivity index (χ0n) is 19.3. The number of hydrogen-bond acceptors (Lipinski definition) is 5. The Labute approximate surface area is 204 Å². The molecule has 1 N–H and O–H groups in total. The van der Waals surface area contributed by atoms with Crippen molar-refractivity contribution in [3.63, 3.8) is 0 Å². The molecule has 0 spiro atoms. The van der Waals surface area contributed by atoms with Gasteiger partial charge in [-0.2, -0.15) is 0 Å². The van der Waals surface area contributed by atoms with Gasteiger partial charge in [0.1, 0.15) is 12.1 Å². The average molecular weight is 477 g/mol. The second-order valence-electron chi connectivity index (χ2n) is 8.97. The molecule has 1 aromatic heterocycles. The van der Waals surface area contributed by atoms with Crippen LogP contribution in [0.2, 0.25) is 5.02 Å². The highest BCUT2D eigenvalue weighted by molar-refractivity contribution is 6.31. The summed E-state index contributed by atoms with van der Waals surface area (Å²) in [5, 5.41) is 3.68. The van der Waals surface area contributed by atoms with Crippen molar-refractivity contribution in [1.82, 2.24) is 14.9 Å². The van der Waals surface area contributed by atoms with E-state index >= 15 is 0 Å². The van der Waals surface area contributed by atoms with Crippen molar-refractivity contribution in [2.24, 2.45) is 5.41 Å². The van der Waals surface area contributed by atoms with E-state index < -0.39 is 5.82 Å². The van der Waals surface area contributed by atoms with Crippen molar-refractivity contribution in [3.05, 3.63) is 71.3 Å². The number of hydrogen-bond donors (Lipinski definition) is 1. The molecule has 1 fully saturated rings. The number of nitrogens with zero attached hydrogens (tertiary/aromatic N) is 3. The maximum atomic E-state index is 14.5. The van der Waals surface area contributed by atoms with E-state index in [9.17, 15) is 9.18 Å². The molecular formula is C27H26ClFN4O. The van der Waals surface area contributed by atoms with Crippen LogP contribution in [0.4, 0.5) is 15.9 Å². The number of rotatable bonds is 5. The number of fused-ring (bicyclic) bond motifs is 1. The van der Waals surface area contributed by atoms with Gasteiger partial charge in [0.25, 0.3) is 0 Å². The van der Waals surface area contributed by atoms with Crippen molar-refractivity contribution < 1.29 is 9.18 Å². The molecule has 0 bridgehead atoms. The van der Waals surface area contributed by atoms with E-state index in [2.05, 4.69) is 52.6 Å². The van der Waals surface area contributed by atoms with E-state index in [0.29, 0.717) is 16.7 Å². The lowest BCUT2D eigenvalue weighted by Crippen LogP contribution is -2.38. The van der Waals surface area contributed by atoms with Gasteiger partial charge < -0.3 is 10.2 Å². The number of likely N-dealkylation sites (tertiary alicyclic amines) is 1. The molecule has 2 heterocycles. The monoisotopic (exact) mass is 476 g/mol. The minimum absolute atomic E-state index is 0.0139. The highest BCUT2D eigenvalue weighted by Crippen LogP contribution is 2.31. The van der Waals surface area contributed by atoms with Gasteiger partial charge >= 0.3 is 0 Å². The average Bonchev–Trinajstić information content (AvgIpc) is 2.81. The summed E-state index contributed by atoms with van der Waals surface area (Å²) in [6.07, 6.45) is 5.00. The van der Waals surface area contributed by atoms with Crippen molar-refractivity contribution in [1.29, 1.82) is 0 Å². The quantitative estimate of drug-likeness (QED) is 0.386. The van der Waals surface area contributed by atoms with E-state index in [4.69, 9.17) is 11.6 Å². The minimum Gasteiger partial charge on any atom is -0.337 e. The van der Waals surface area contributed by atoms with E-state index in [1.54, 1.807) is 12.1 Å². The third-order valence-electron chi connectivity index (χ3n) is 6.04. The molecule has 174 valence electrons. The van der Waals surface area contributed by atoms with E-state index in [-0.39, 0.29) is 28.3 Å². The lowest BCUT2D eigenvalue weighted by Gasteiger charge is -2.34. The van der Waals surface area contributed by atoms with Crippen LogP contribution in [0.1, 0.15) is 30.9 Å². The summed E-state index contributed by atoms with van der Waals surface area (Å²) < 4.78 is 14.5. The van der Waals surface area contributed by atoms with E-state index in [1.807, 2.05) is 12.1 Å². The fourth-order valence-electron chi connectivity index (χ4n) is 4.31. The highest BCUT2D eigenvalue weighted by Gasteiger charge is 2.27. The van der Waals surface area contributed by atoms with Crippen LogP contribution in [0, 0.1) is 23.1 Å². The first kappa shape index (κ1) is 23.9. The number of ketones is 1. The summed E-state index contributed by atoms with van der Waals surface area (Å²) in [7, 11) is 2.11. The number of allylic oxidation sites excluding steroid dienone is 1. The van der Waals surface area contributed by atoms with Gasteiger partial charge in [0.15, 0.2) is 11.6 Å². The van der Waals surface area contributed by atoms with E-state index in [0.717, 1.165) is 37.1 Å². The second kappa shape index (κ2) is 9.92. The Morgan fingerprint density at radius 1 is 1.38 bits per heavy atom. The van der Waals surface area contributed by atoms with Crippen LogP contribution in [0.3, 0.4) is 0 Å². The number of anilines is 2. The first-order valence-electron chi connectivity index (χ1n) is 11.1. The topological polar surface area (TPSA) is 58.1 Å². The Balaban J connectivity index is 1.79. The van der Waals surface area contributed by atoms with Crippen molar-refractivity contribution >= 4 is 39.8 Å². The molecule has 0 amide bonds. The third kappa shape index (κ3) is 5.27. The fraction of sp³-hybridized carbons (Fsp3) is 0.296. The van der Waals surface area contributed by atoms with Crippen LogP contribution in [-0.4, -0.2) is 40.8 Å². The molecule has 3 aromatic rings. The fourth-order valence-corrected chi connectivity index (χ4v) is 4.49. The molecule has 1 aliphatic rings. The van der Waals surface area contributed by atoms with Gasteiger partial charge in [0, 0.05) is 29.3 Å². The first-order valence-corrected chi connectivity index (χ1v) is 11.5. The largest absolute Gasteiger partial charge is 0.337 e. The molecule has 5 nitrogen and oxygen atoms in total. The van der Waals surface area contributed by atoms with Gasteiger partial charge in [-0.25, -0.2) is 14.4 Å². The number of halogens is 2. The van der Waals surface area contributed by atoms with Crippen LogP contribution in [0.15, 0.2) is 49.3 Å². The zero-order chi connectivity index (χ0) is 24.3. The summed E-state index contributed by atoms with van der Waals surface area (Å²) in [4.78, 5) is 23.2. The Morgan fingerprint density at radius 2 is 2.21 bits per heavy atom. The predicted molar refractivity (Wildman–Crippen MR) is 135 cm³/mol. The summed E-state index contributed by atoms with van der Waals surface area (Å²) in [6.45, 7) is 7.75. The molecule has 34 heavy (non-hydrogen) atoms. The zero-order valence-corrected chi connectivity index (χ0v) is 20.0. The standard InChI is InChI=1S/C27H26ClFN4O/c1-4-20(34)13-19-14-21-24(15-18(19)9-11-27(2)10-6-12-33(3)16-27)30-17-31-26(21)32-23-8-5-7-22(28)25(23)29/h4-5,7-8,14-15,17H,1,6,10,12-13,16H2,2-3H3,(H,30,31,32)/t27-/m0/s1. The van der Waals surface area contributed by atoms with Gasteiger partial charge in [0.2, 0.25) is 0 Å². The van der Waals surface area contributed by atoms with Gasteiger partial charge in [-0.3, -0.25) is 4.79 Å². The first-order chi connectivity index (χ1) is 16.3.